The molecule has 7 heteroatoms. The van der Waals surface area contributed by atoms with Gasteiger partial charge in [-0.3, -0.25) is 14.4 Å². The highest BCUT2D eigenvalue weighted by atomic mass is 16.2. The van der Waals surface area contributed by atoms with Crippen LogP contribution in [-0.4, -0.2) is 36.9 Å². The Hall–Kier alpha value is -1.63. The van der Waals surface area contributed by atoms with Crippen molar-refractivity contribution in [3.05, 3.63) is 0 Å². The van der Waals surface area contributed by atoms with E-state index in [2.05, 4.69) is 10.6 Å². The van der Waals surface area contributed by atoms with Gasteiger partial charge >= 0.3 is 0 Å². The highest BCUT2D eigenvalue weighted by Crippen LogP contribution is 2.08. The molecule has 3 atom stereocenters. The summed E-state index contributed by atoms with van der Waals surface area (Å²) in [7, 11) is 1.51. The molecular weight excluding hydrogens is 248 g/mol. The molecule has 0 aliphatic heterocycles. The van der Waals surface area contributed by atoms with Crippen molar-refractivity contribution < 1.29 is 14.4 Å². The van der Waals surface area contributed by atoms with Crippen molar-refractivity contribution in [2.45, 2.75) is 45.2 Å². The third kappa shape index (κ3) is 6.19. The number of carbonyl (C=O) groups excluding carboxylic acids is 3. The van der Waals surface area contributed by atoms with E-state index in [0.717, 1.165) is 6.42 Å². The summed E-state index contributed by atoms with van der Waals surface area (Å²) in [4.78, 5) is 34.2. The van der Waals surface area contributed by atoms with Gasteiger partial charge in [-0.25, -0.2) is 0 Å². The quantitative estimate of drug-likeness (QED) is 0.445. The van der Waals surface area contributed by atoms with Gasteiger partial charge in [0.05, 0.1) is 6.04 Å². The summed E-state index contributed by atoms with van der Waals surface area (Å²) in [5.41, 5.74) is 10.6. The zero-order valence-corrected chi connectivity index (χ0v) is 11.7. The van der Waals surface area contributed by atoms with Crippen molar-refractivity contribution in [1.29, 1.82) is 0 Å². The van der Waals surface area contributed by atoms with Crippen molar-refractivity contribution in [3.63, 3.8) is 0 Å². The Morgan fingerprint density at radius 2 is 1.79 bits per heavy atom. The Kier molecular flexibility index (Phi) is 7.74. The molecule has 0 aromatic heterocycles. The smallest absolute Gasteiger partial charge is 0.242 e. The number of amides is 3. The molecular formula is C12H24N4O3. The van der Waals surface area contributed by atoms with Gasteiger partial charge in [-0.05, 0) is 12.3 Å². The zero-order chi connectivity index (χ0) is 15.0. The Labute approximate surface area is 113 Å². The van der Waals surface area contributed by atoms with Gasteiger partial charge in [-0.1, -0.05) is 20.3 Å². The molecule has 0 rings (SSSR count). The molecule has 0 saturated heterocycles. The number of nitrogens with one attached hydrogen (secondary N) is 2. The van der Waals surface area contributed by atoms with E-state index in [1.165, 1.54) is 7.05 Å². The van der Waals surface area contributed by atoms with Crippen LogP contribution in [-0.2, 0) is 14.4 Å². The molecule has 0 unspecified atom stereocenters. The van der Waals surface area contributed by atoms with Crippen LogP contribution in [0.15, 0.2) is 0 Å². The van der Waals surface area contributed by atoms with E-state index in [1.807, 2.05) is 13.8 Å². The van der Waals surface area contributed by atoms with Gasteiger partial charge in [0.15, 0.2) is 0 Å². The lowest BCUT2D eigenvalue weighted by molar-refractivity contribution is -0.130. The van der Waals surface area contributed by atoms with Crippen LogP contribution in [0.5, 0.6) is 0 Å². The fraction of sp³-hybridized carbons (Fsp3) is 0.750. The molecule has 0 fully saturated rings. The maximum absolute atomic E-state index is 11.8. The standard InChI is InChI=1S/C12H24N4O3/c1-4-7(2)10(12(19)15-3)16-11(18)8(13)5-6-9(14)17/h7-8,10H,4-6,13H2,1-3H3,(H2,14,17)(H,15,19)(H,16,18)/t7-,8-,10-/m0/s1. The minimum absolute atomic E-state index is 0.00718. The SMILES string of the molecule is CC[C@H](C)[C@H](NC(=O)[C@@H](N)CCC(N)=O)C(=O)NC. The van der Waals surface area contributed by atoms with Gasteiger partial charge in [0.1, 0.15) is 6.04 Å². The number of primary amides is 1. The van der Waals surface area contributed by atoms with E-state index in [0.29, 0.717) is 0 Å². The molecule has 0 heterocycles. The van der Waals surface area contributed by atoms with Crippen LogP contribution in [0.3, 0.4) is 0 Å². The summed E-state index contributed by atoms with van der Waals surface area (Å²) in [6.45, 7) is 3.80. The Balaban J connectivity index is 4.53. The van der Waals surface area contributed by atoms with E-state index in [-0.39, 0.29) is 24.7 Å². The average Bonchev–Trinajstić information content (AvgIpc) is 2.39. The molecule has 0 bridgehead atoms. The number of carbonyl (C=O) groups is 3. The highest BCUT2D eigenvalue weighted by molar-refractivity contribution is 5.90. The van der Waals surface area contributed by atoms with Gasteiger partial charge in [-0.2, -0.15) is 0 Å². The second-order valence-corrected chi connectivity index (χ2v) is 4.60. The molecule has 0 aliphatic rings. The van der Waals surface area contributed by atoms with Gasteiger partial charge in [0, 0.05) is 13.5 Å². The summed E-state index contributed by atoms with van der Waals surface area (Å²) in [5.74, 6) is -1.22. The van der Waals surface area contributed by atoms with E-state index in [1.54, 1.807) is 0 Å². The van der Waals surface area contributed by atoms with Crippen molar-refractivity contribution >= 4 is 17.7 Å². The lowest BCUT2D eigenvalue weighted by Gasteiger charge is -2.24. The average molecular weight is 272 g/mol. The first-order chi connectivity index (χ1) is 8.83. The lowest BCUT2D eigenvalue weighted by Crippen LogP contribution is -2.53. The fourth-order valence-corrected chi connectivity index (χ4v) is 1.55. The third-order valence-electron chi connectivity index (χ3n) is 3.08. The fourth-order valence-electron chi connectivity index (χ4n) is 1.55. The first kappa shape index (κ1) is 17.4. The van der Waals surface area contributed by atoms with Crippen LogP contribution in [0.2, 0.25) is 0 Å². The van der Waals surface area contributed by atoms with Crippen LogP contribution >= 0.6 is 0 Å². The van der Waals surface area contributed by atoms with Crippen molar-refractivity contribution in [2.75, 3.05) is 7.05 Å². The maximum Gasteiger partial charge on any atom is 0.242 e. The van der Waals surface area contributed by atoms with Gasteiger partial charge in [0.2, 0.25) is 17.7 Å². The molecule has 0 saturated carbocycles. The predicted octanol–water partition coefficient (Wildman–Crippen LogP) is -1.14. The number of nitrogens with two attached hydrogens (primary N) is 2. The second-order valence-electron chi connectivity index (χ2n) is 4.60. The molecule has 6 N–H and O–H groups in total. The van der Waals surface area contributed by atoms with Crippen LogP contribution < -0.4 is 22.1 Å². The normalized spacial score (nSPS) is 15.2. The second kappa shape index (κ2) is 8.47. The molecule has 0 aromatic carbocycles. The third-order valence-corrected chi connectivity index (χ3v) is 3.08. The first-order valence-corrected chi connectivity index (χ1v) is 6.39. The van der Waals surface area contributed by atoms with Crippen LogP contribution in [0.25, 0.3) is 0 Å². The van der Waals surface area contributed by atoms with Gasteiger partial charge in [0.25, 0.3) is 0 Å². The summed E-state index contributed by atoms with van der Waals surface area (Å²) in [6, 6.07) is -1.47. The Bertz CT molecular complexity index is 333. The molecule has 3 amide bonds. The number of hydrogen-bond donors (Lipinski definition) is 4. The maximum atomic E-state index is 11.8. The van der Waals surface area contributed by atoms with E-state index >= 15 is 0 Å². The van der Waals surface area contributed by atoms with Crippen molar-refractivity contribution in [1.82, 2.24) is 10.6 Å². The van der Waals surface area contributed by atoms with E-state index < -0.39 is 23.9 Å². The number of likely N-dealkylation sites (N-methyl/N-ethyl adjacent to an activating group) is 1. The summed E-state index contributed by atoms with van der Waals surface area (Å²) in [6.07, 6.45) is 0.958. The largest absolute Gasteiger partial charge is 0.370 e. The monoisotopic (exact) mass is 272 g/mol. The highest BCUT2D eigenvalue weighted by Gasteiger charge is 2.27. The van der Waals surface area contributed by atoms with Crippen molar-refractivity contribution in [3.8, 4) is 0 Å². The van der Waals surface area contributed by atoms with Crippen LogP contribution in [0, 0.1) is 5.92 Å². The van der Waals surface area contributed by atoms with E-state index in [4.69, 9.17) is 11.5 Å². The summed E-state index contributed by atoms with van der Waals surface area (Å²) >= 11 is 0. The Morgan fingerprint density at radius 1 is 1.21 bits per heavy atom. The first-order valence-electron chi connectivity index (χ1n) is 6.39. The molecule has 0 aliphatic carbocycles. The summed E-state index contributed by atoms with van der Waals surface area (Å²) < 4.78 is 0. The molecule has 19 heavy (non-hydrogen) atoms. The molecule has 7 nitrogen and oxygen atoms in total. The predicted molar refractivity (Wildman–Crippen MR) is 71.9 cm³/mol. The minimum atomic E-state index is -0.844. The summed E-state index contributed by atoms with van der Waals surface area (Å²) in [5, 5.41) is 5.12. The van der Waals surface area contributed by atoms with Crippen LogP contribution in [0.4, 0.5) is 0 Å². The van der Waals surface area contributed by atoms with Gasteiger partial charge < -0.3 is 22.1 Å². The van der Waals surface area contributed by atoms with Crippen molar-refractivity contribution in [2.24, 2.45) is 17.4 Å². The van der Waals surface area contributed by atoms with Crippen LogP contribution in [0.1, 0.15) is 33.1 Å². The zero-order valence-electron chi connectivity index (χ0n) is 11.7. The topological polar surface area (TPSA) is 127 Å². The Morgan fingerprint density at radius 3 is 2.21 bits per heavy atom. The molecule has 0 radical (unpaired) electrons. The lowest BCUT2D eigenvalue weighted by atomic mass is 9.97. The molecule has 0 spiro atoms. The number of rotatable bonds is 8. The van der Waals surface area contributed by atoms with E-state index in [9.17, 15) is 14.4 Å². The molecule has 0 aromatic rings. The minimum Gasteiger partial charge on any atom is -0.370 e. The number of hydrogen-bond acceptors (Lipinski definition) is 4. The van der Waals surface area contributed by atoms with Gasteiger partial charge in [-0.15, -0.1) is 0 Å². The molecule has 110 valence electrons.